The maximum Gasteiger partial charge on any atom is 0.242 e. The molecule has 174 valence electrons. The van der Waals surface area contributed by atoms with Crippen LogP contribution in [0, 0.1) is 0 Å². The number of aliphatic hydroxyl groups is 1. The van der Waals surface area contributed by atoms with Crippen molar-refractivity contribution < 1.29 is 9.84 Å². The minimum absolute atomic E-state index is 0.0285. The number of rotatable bonds is 7. The first-order chi connectivity index (χ1) is 15.5. The van der Waals surface area contributed by atoms with Crippen molar-refractivity contribution >= 4 is 17.4 Å². The minimum Gasteiger partial charge on any atom is -0.473 e. The van der Waals surface area contributed by atoms with E-state index in [4.69, 9.17) is 9.72 Å². The highest BCUT2D eigenvalue weighted by Crippen LogP contribution is 2.34. The summed E-state index contributed by atoms with van der Waals surface area (Å²) in [6, 6.07) is 8.42. The summed E-state index contributed by atoms with van der Waals surface area (Å²) in [5.74, 6) is 0.703. The smallest absolute Gasteiger partial charge is 0.242 e. The molecule has 2 aliphatic rings. The molecule has 1 N–H and O–H groups in total. The summed E-state index contributed by atoms with van der Waals surface area (Å²) in [7, 11) is 6.47. The molecule has 0 bridgehead atoms. The van der Waals surface area contributed by atoms with E-state index in [1.807, 2.05) is 30.5 Å². The Bertz CT molecular complexity index is 888. The van der Waals surface area contributed by atoms with Gasteiger partial charge in [-0.1, -0.05) is 12.1 Å². The van der Waals surface area contributed by atoms with E-state index in [1.54, 1.807) is 0 Å². The maximum atomic E-state index is 9.44. The van der Waals surface area contributed by atoms with E-state index in [0.29, 0.717) is 17.1 Å². The maximum absolute atomic E-state index is 9.44. The Morgan fingerprint density at radius 2 is 2.00 bits per heavy atom. The Morgan fingerprint density at radius 3 is 2.75 bits per heavy atom. The number of hydrogen-bond acceptors (Lipinski definition) is 8. The number of ether oxygens (including phenoxy) is 1. The molecular weight excluding hydrogens is 422 g/mol. The molecule has 1 aromatic carbocycles. The first kappa shape index (κ1) is 23.3. The summed E-state index contributed by atoms with van der Waals surface area (Å²) in [4.78, 5) is 17.6. The number of hydrogen-bond donors (Lipinski definition) is 1. The average molecular weight is 458 g/mol. The van der Waals surface area contributed by atoms with E-state index in [1.165, 1.54) is 24.6 Å². The zero-order chi connectivity index (χ0) is 22.5. The van der Waals surface area contributed by atoms with Crippen LogP contribution in [0.2, 0.25) is 0 Å². The number of aliphatic hydroxyl groups excluding tert-OH is 1. The molecule has 4 rings (SSSR count). The molecule has 2 fully saturated rings. The monoisotopic (exact) mass is 457 g/mol. The number of likely N-dealkylation sites (N-methyl/N-ethyl adjacent to an activating group) is 1. The Balaban J connectivity index is 1.57. The third-order valence-corrected chi connectivity index (χ3v) is 7.32. The van der Waals surface area contributed by atoms with Crippen LogP contribution in [0.5, 0.6) is 5.88 Å². The van der Waals surface area contributed by atoms with Gasteiger partial charge in [0.2, 0.25) is 5.88 Å². The Kier molecular flexibility index (Phi) is 7.88. The molecule has 1 saturated heterocycles. The molecule has 7 nitrogen and oxygen atoms in total. The third-order valence-electron chi connectivity index (χ3n) is 6.45. The number of aromatic nitrogens is 2. The average Bonchev–Trinajstić information content (AvgIpc) is 2.80. The van der Waals surface area contributed by atoms with E-state index in [2.05, 4.69) is 40.8 Å². The van der Waals surface area contributed by atoms with Crippen molar-refractivity contribution in [1.29, 1.82) is 0 Å². The third kappa shape index (κ3) is 5.92. The van der Waals surface area contributed by atoms with Gasteiger partial charge in [-0.2, -0.15) is 4.98 Å². The Labute approximate surface area is 195 Å². The molecule has 8 heteroatoms. The van der Waals surface area contributed by atoms with Crippen LogP contribution in [0.4, 0.5) is 5.69 Å². The summed E-state index contributed by atoms with van der Waals surface area (Å²) in [5, 5.41) is 10.1. The van der Waals surface area contributed by atoms with Crippen molar-refractivity contribution in [3.8, 4) is 5.88 Å². The van der Waals surface area contributed by atoms with Crippen LogP contribution in [0.1, 0.15) is 31.2 Å². The van der Waals surface area contributed by atoms with Crippen molar-refractivity contribution in [2.24, 2.45) is 0 Å². The van der Waals surface area contributed by atoms with Crippen molar-refractivity contribution in [3.05, 3.63) is 36.0 Å². The van der Waals surface area contributed by atoms with Crippen molar-refractivity contribution in [2.45, 2.75) is 54.5 Å². The fraction of sp³-hybridized carbons (Fsp3) is 0.583. The van der Waals surface area contributed by atoms with Gasteiger partial charge in [-0.3, -0.25) is 0 Å². The van der Waals surface area contributed by atoms with Gasteiger partial charge in [-0.15, -0.1) is 0 Å². The number of benzene rings is 1. The molecule has 1 aromatic heterocycles. The normalized spacial score (nSPS) is 22.3. The minimum atomic E-state index is 0.0285. The molecule has 2 heterocycles. The highest BCUT2D eigenvalue weighted by atomic mass is 32.2. The molecule has 1 aliphatic carbocycles. The second-order valence-corrected chi connectivity index (χ2v) is 10.1. The fourth-order valence-electron chi connectivity index (χ4n) is 4.41. The number of nitrogens with zero attached hydrogens (tertiary/aromatic N) is 5. The Hall–Kier alpha value is -1.87. The summed E-state index contributed by atoms with van der Waals surface area (Å²) < 4.78 is 6.58. The molecule has 2 unspecified atom stereocenters. The van der Waals surface area contributed by atoms with Gasteiger partial charge in [-0.05, 0) is 76.3 Å². The van der Waals surface area contributed by atoms with Gasteiger partial charge in [0.1, 0.15) is 11.8 Å². The quantitative estimate of drug-likeness (QED) is 0.637. The Morgan fingerprint density at radius 1 is 1.19 bits per heavy atom. The molecule has 0 spiro atoms. The van der Waals surface area contributed by atoms with Gasteiger partial charge in [-0.25, -0.2) is 4.98 Å². The molecule has 1 saturated carbocycles. The van der Waals surface area contributed by atoms with Crippen LogP contribution in [0.25, 0.3) is 0 Å². The SMILES string of the molecule is CN1CCN(c2cnc(Sc3cccc(CO)c3)nc2OC2CCCC(N(C)C)C2)CC1. The van der Waals surface area contributed by atoms with Crippen molar-refractivity contribution in [2.75, 3.05) is 52.2 Å². The molecule has 2 atom stereocenters. The van der Waals surface area contributed by atoms with Gasteiger partial charge in [0.15, 0.2) is 5.16 Å². The van der Waals surface area contributed by atoms with E-state index in [9.17, 15) is 5.11 Å². The summed E-state index contributed by atoms with van der Waals surface area (Å²) >= 11 is 1.51. The van der Waals surface area contributed by atoms with Crippen molar-refractivity contribution in [3.63, 3.8) is 0 Å². The lowest BCUT2D eigenvalue weighted by Crippen LogP contribution is -2.45. The van der Waals surface area contributed by atoms with Gasteiger partial charge in [0.25, 0.3) is 0 Å². The van der Waals surface area contributed by atoms with E-state index in [0.717, 1.165) is 55.2 Å². The van der Waals surface area contributed by atoms with Gasteiger partial charge >= 0.3 is 0 Å². The highest BCUT2D eigenvalue weighted by Gasteiger charge is 2.27. The summed E-state index contributed by atoms with van der Waals surface area (Å²) in [6.07, 6.45) is 6.60. The second-order valence-electron chi connectivity index (χ2n) is 9.06. The number of piperazine rings is 1. The van der Waals surface area contributed by atoms with Gasteiger partial charge in [0.05, 0.1) is 12.8 Å². The van der Waals surface area contributed by atoms with E-state index >= 15 is 0 Å². The van der Waals surface area contributed by atoms with Crippen LogP contribution >= 0.6 is 11.8 Å². The lowest BCUT2D eigenvalue weighted by atomic mass is 9.92. The van der Waals surface area contributed by atoms with Crippen LogP contribution in [0.15, 0.2) is 40.5 Å². The van der Waals surface area contributed by atoms with E-state index < -0.39 is 0 Å². The molecule has 1 aliphatic heterocycles. The molecular formula is C24H35N5O2S. The first-order valence-corrected chi connectivity index (χ1v) is 12.3. The second kappa shape index (κ2) is 10.8. The van der Waals surface area contributed by atoms with E-state index in [-0.39, 0.29) is 12.7 Å². The predicted octanol–water partition coefficient (Wildman–Crippen LogP) is 3.12. The lowest BCUT2D eigenvalue weighted by Gasteiger charge is -2.36. The van der Waals surface area contributed by atoms with Crippen LogP contribution in [0.3, 0.4) is 0 Å². The fourth-order valence-corrected chi connectivity index (χ4v) is 5.21. The molecule has 0 amide bonds. The van der Waals surface area contributed by atoms with Crippen LogP contribution in [-0.4, -0.2) is 84.3 Å². The van der Waals surface area contributed by atoms with Gasteiger partial charge in [0, 0.05) is 37.1 Å². The first-order valence-electron chi connectivity index (χ1n) is 11.5. The van der Waals surface area contributed by atoms with Gasteiger partial charge < -0.3 is 24.5 Å². The standard InChI is InChI=1S/C24H35N5O2S/c1-27(2)19-7-5-8-20(15-19)31-23-22(29-12-10-28(3)11-13-29)16-25-24(26-23)32-21-9-4-6-18(14-21)17-30/h4,6,9,14,16,19-20,30H,5,7-8,10-13,15,17H2,1-3H3. The molecule has 2 aromatic rings. The largest absolute Gasteiger partial charge is 0.473 e. The predicted molar refractivity (Wildman–Crippen MR) is 129 cm³/mol. The zero-order valence-electron chi connectivity index (χ0n) is 19.4. The summed E-state index contributed by atoms with van der Waals surface area (Å²) in [5.41, 5.74) is 1.89. The highest BCUT2D eigenvalue weighted by molar-refractivity contribution is 7.99. The zero-order valence-corrected chi connectivity index (χ0v) is 20.2. The van der Waals surface area contributed by atoms with Crippen molar-refractivity contribution in [1.82, 2.24) is 19.8 Å². The molecule has 0 radical (unpaired) electrons. The number of anilines is 1. The van der Waals surface area contributed by atoms with Crippen LogP contribution in [-0.2, 0) is 6.61 Å². The molecule has 32 heavy (non-hydrogen) atoms. The summed E-state index contributed by atoms with van der Waals surface area (Å²) in [6.45, 7) is 3.98. The lowest BCUT2D eigenvalue weighted by molar-refractivity contribution is 0.0960. The topological polar surface area (TPSA) is 65.0 Å². The van der Waals surface area contributed by atoms with Crippen LogP contribution < -0.4 is 9.64 Å².